The number of ether oxygens (including phenoxy) is 1. The van der Waals surface area contributed by atoms with Crippen LogP contribution in [0.1, 0.15) is 10.4 Å². The maximum absolute atomic E-state index is 13.2. The maximum atomic E-state index is 13.2. The number of fused-ring (bicyclic) bond motifs is 3. The summed E-state index contributed by atoms with van der Waals surface area (Å²) in [6, 6.07) is 16.8. The van der Waals surface area contributed by atoms with Gasteiger partial charge in [-0.15, -0.1) is 11.3 Å². The molecule has 3 nitrogen and oxygen atoms in total. The average Bonchev–Trinajstić information content (AvgIpc) is 3.33. The van der Waals surface area contributed by atoms with Crippen LogP contribution >= 0.6 is 11.3 Å². The molecule has 0 amide bonds. The van der Waals surface area contributed by atoms with Gasteiger partial charge in [0.05, 0.1) is 18.5 Å². The monoisotopic (exact) mass is 362 g/mol. The Hall–Kier alpha value is -2.92. The van der Waals surface area contributed by atoms with Crippen molar-refractivity contribution in [2.24, 2.45) is 0 Å². The zero-order valence-corrected chi connectivity index (χ0v) is 14.9. The molecule has 0 saturated heterocycles. The number of aromatic nitrogens is 2. The second-order valence-corrected chi connectivity index (χ2v) is 7.42. The Morgan fingerprint density at radius 2 is 1.77 bits per heavy atom. The van der Waals surface area contributed by atoms with E-state index in [0.717, 1.165) is 39.6 Å². The van der Waals surface area contributed by atoms with Gasteiger partial charge in [-0.2, -0.15) is 5.10 Å². The van der Waals surface area contributed by atoms with Gasteiger partial charge in [0.15, 0.2) is 0 Å². The van der Waals surface area contributed by atoms with Crippen LogP contribution in [0.25, 0.3) is 33.0 Å². The average molecular weight is 362 g/mol. The lowest BCUT2D eigenvalue weighted by Gasteiger charge is -2.02. The molecular formula is C21H15FN2OS. The van der Waals surface area contributed by atoms with E-state index in [2.05, 4.69) is 16.3 Å². The van der Waals surface area contributed by atoms with Crippen molar-refractivity contribution in [1.29, 1.82) is 0 Å². The number of hydrogen-bond donors (Lipinski definition) is 1. The number of H-pyrrole nitrogens is 1. The number of methoxy groups -OCH3 is 1. The summed E-state index contributed by atoms with van der Waals surface area (Å²) < 4.78 is 18.4. The summed E-state index contributed by atoms with van der Waals surface area (Å²) in [5, 5.41) is 7.75. The van der Waals surface area contributed by atoms with Crippen molar-refractivity contribution in [1.82, 2.24) is 10.2 Å². The van der Waals surface area contributed by atoms with Gasteiger partial charge in [0.1, 0.15) is 11.6 Å². The minimum absolute atomic E-state index is 0.210. The highest BCUT2D eigenvalue weighted by molar-refractivity contribution is 7.16. The number of nitrogens with zero attached hydrogens (tertiary/aromatic N) is 1. The largest absolute Gasteiger partial charge is 0.497 e. The Balaban J connectivity index is 1.52. The quantitative estimate of drug-likeness (QED) is 0.459. The van der Waals surface area contributed by atoms with Gasteiger partial charge in [0.25, 0.3) is 0 Å². The van der Waals surface area contributed by atoms with Crippen molar-refractivity contribution in [2.75, 3.05) is 7.11 Å². The van der Waals surface area contributed by atoms with Gasteiger partial charge in [0, 0.05) is 32.9 Å². The van der Waals surface area contributed by atoms with Gasteiger partial charge in [-0.25, -0.2) is 4.39 Å². The maximum Gasteiger partial charge on any atom is 0.123 e. The van der Waals surface area contributed by atoms with E-state index in [1.54, 1.807) is 18.4 Å². The number of aromatic amines is 1. The van der Waals surface area contributed by atoms with Crippen molar-refractivity contribution < 1.29 is 9.13 Å². The van der Waals surface area contributed by atoms with Gasteiger partial charge >= 0.3 is 0 Å². The highest BCUT2D eigenvalue weighted by Crippen LogP contribution is 2.46. The van der Waals surface area contributed by atoms with Crippen LogP contribution in [0.15, 0.2) is 54.6 Å². The van der Waals surface area contributed by atoms with E-state index in [1.165, 1.54) is 28.1 Å². The molecule has 5 heteroatoms. The zero-order valence-electron chi connectivity index (χ0n) is 14.0. The number of benzene rings is 2. The van der Waals surface area contributed by atoms with Gasteiger partial charge in [-0.3, -0.25) is 5.10 Å². The van der Waals surface area contributed by atoms with E-state index in [9.17, 15) is 4.39 Å². The van der Waals surface area contributed by atoms with E-state index in [-0.39, 0.29) is 5.82 Å². The van der Waals surface area contributed by atoms with Crippen LogP contribution in [-0.4, -0.2) is 17.3 Å². The van der Waals surface area contributed by atoms with Crippen LogP contribution in [0.3, 0.4) is 0 Å². The lowest BCUT2D eigenvalue weighted by atomic mass is 10.1. The number of rotatable bonds is 3. The van der Waals surface area contributed by atoms with Crippen LogP contribution in [0, 0.1) is 5.82 Å². The second kappa shape index (κ2) is 5.81. The summed E-state index contributed by atoms with van der Waals surface area (Å²) in [5.41, 5.74) is 6.66. The summed E-state index contributed by atoms with van der Waals surface area (Å²) in [6.07, 6.45) is 0.869. The molecule has 0 unspecified atom stereocenters. The minimum atomic E-state index is -0.210. The SMILES string of the molecule is COc1ccc(-c2n[nH]c3c2Cc2sc(-c4ccc(F)cc4)cc2-3)cc1. The molecule has 1 aliphatic carbocycles. The number of thiophene rings is 1. The molecule has 4 aromatic rings. The van der Waals surface area contributed by atoms with Crippen molar-refractivity contribution >= 4 is 11.3 Å². The minimum Gasteiger partial charge on any atom is -0.497 e. The van der Waals surface area contributed by atoms with Crippen LogP contribution in [0.5, 0.6) is 5.75 Å². The first-order valence-electron chi connectivity index (χ1n) is 8.33. The van der Waals surface area contributed by atoms with Crippen molar-refractivity contribution in [2.45, 2.75) is 6.42 Å². The van der Waals surface area contributed by atoms with E-state index in [1.807, 2.05) is 36.4 Å². The Labute approximate surface area is 154 Å². The zero-order chi connectivity index (χ0) is 17.7. The van der Waals surface area contributed by atoms with Crippen molar-refractivity contribution in [3.05, 3.63) is 70.9 Å². The molecule has 1 aliphatic rings. The molecule has 5 rings (SSSR count). The highest BCUT2D eigenvalue weighted by atomic mass is 32.1. The third-order valence-corrected chi connectivity index (χ3v) is 5.96. The molecular weight excluding hydrogens is 347 g/mol. The van der Waals surface area contributed by atoms with Gasteiger partial charge in [-0.05, 0) is 48.0 Å². The molecule has 2 heterocycles. The number of hydrogen-bond acceptors (Lipinski definition) is 3. The van der Waals surface area contributed by atoms with Crippen molar-refractivity contribution in [3.63, 3.8) is 0 Å². The molecule has 0 spiro atoms. The summed E-state index contributed by atoms with van der Waals surface area (Å²) >= 11 is 1.76. The van der Waals surface area contributed by atoms with Gasteiger partial charge in [-0.1, -0.05) is 12.1 Å². The van der Waals surface area contributed by atoms with E-state index in [4.69, 9.17) is 4.74 Å². The fraction of sp³-hybridized carbons (Fsp3) is 0.0952. The molecule has 2 aromatic heterocycles. The molecule has 0 aliphatic heterocycles. The number of nitrogens with one attached hydrogen (secondary N) is 1. The Kier molecular flexibility index (Phi) is 3.43. The highest BCUT2D eigenvalue weighted by Gasteiger charge is 2.27. The molecule has 0 radical (unpaired) electrons. The second-order valence-electron chi connectivity index (χ2n) is 6.29. The molecule has 26 heavy (non-hydrogen) atoms. The lowest BCUT2D eigenvalue weighted by molar-refractivity contribution is 0.415. The van der Waals surface area contributed by atoms with Gasteiger partial charge < -0.3 is 4.74 Å². The first-order chi connectivity index (χ1) is 12.7. The molecule has 2 aromatic carbocycles. The van der Waals surface area contributed by atoms with E-state index < -0.39 is 0 Å². The third-order valence-electron chi connectivity index (χ3n) is 4.77. The summed E-state index contributed by atoms with van der Waals surface area (Å²) in [5.74, 6) is 0.627. The third kappa shape index (κ3) is 2.35. The normalized spacial score (nSPS) is 12.1. The smallest absolute Gasteiger partial charge is 0.123 e. The van der Waals surface area contributed by atoms with E-state index >= 15 is 0 Å². The van der Waals surface area contributed by atoms with Crippen LogP contribution in [0.2, 0.25) is 0 Å². The fourth-order valence-corrected chi connectivity index (χ4v) is 4.62. The lowest BCUT2D eigenvalue weighted by Crippen LogP contribution is -1.86. The first-order valence-corrected chi connectivity index (χ1v) is 9.15. The molecule has 0 atom stereocenters. The fourth-order valence-electron chi connectivity index (χ4n) is 3.44. The van der Waals surface area contributed by atoms with Gasteiger partial charge in [0.2, 0.25) is 0 Å². The molecule has 0 bridgehead atoms. The Morgan fingerprint density at radius 1 is 1.04 bits per heavy atom. The van der Waals surface area contributed by atoms with Crippen LogP contribution in [0.4, 0.5) is 4.39 Å². The van der Waals surface area contributed by atoms with Crippen LogP contribution < -0.4 is 4.74 Å². The standard InChI is InChI=1S/C21H15FN2OS/c1-25-15-8-4-13(5-9-15)20-17-11-19-16(21(17)24-23-20)10-18(26-19)12-2-6-14(22)7-3-12/h2-10H,11H2,1H3,(H,23,24). The molecule has 1 N–H and O–H groups in total. The Morgan fingerprint density at radius 3 is 2.50 bits per heavy atom. The predicted molar refractivity (Wildman–Crippen MR) is 102 cm³/mol. The summed E-state index contributed by atoms with van der Waals surface area (Å²) in [7, 11) is 1.66. The van der Waals surface area contributed by atoms with Crippen LogP contribution in [-0.2, 0) is 6.42 Å². The summed E-state index contributed by atoms with van der Waals surface area (Å²) in [6.45, 7) is 0. The topological polar surface area (TPSA) is 37.9 Å². The van der Waals surface area contributed by atoms with E-state index in [0.29, 0.717) is 0 Å². The molecule has 128 valence electrons. The molecule has 0 saturated carbocycles. The Bertz CT molecular complexity index is 1090. The molecule has 0 fully saturated rings. The van der Waals surface area contributed by atoms with Crippen molar-refractivity contribution in [3.8, 4) is 38.7 Å². The predicted octanol–water partition coefficient (Wildman–Crippen LogP) is 5.52. The number of halogens is 1. The first kappa shape index (κ1) is 15.3. The summed E-state index contributed by atoms with van der Waals surface area (Å²) in [4.78, 5) is 2.48.